The van der Waals surface area contributed by atoms with E-state index in [4.69, 9.17) is 10.5 Å². The highest BCUT2D eigenvalue weighted by molar-refractivity contribution is 5.97. The Morgan fingerprint density at radius 3 is 2.66 bits per heavy atom. The summed E-state index contributed by atoms with van der Waals surface area (Å²) in [4.78, 5) is 24.9. The first-order valence-electron chi connectivity index (χ1n) is 9.01. The van der Waals surface area contributed by atoms with Crippen LogP contribution in [0.4, 0.5) is 10.2 Å². The van der Waals surface area contributed by atoms with Gasteiger partial charge in [0.25, 0.3) is 0 Å². The fourth-order valence-corrected chi connectivity index (χ4v) is 3.18. The molecule has 1 saturated carbocycles. The van der Waals surface area contributed by atoms with Crippen LogP contribution >= 0.6 is 0 Å². The van der Waals surface area contributed by atoms with Crippen molar-refractivity contribution >= 4 is 22.5 Å². The number of fused-ring (bicyclic) bond motifs is 1. The van der Waals surface area contributed by atoms with Crippen LogP contribution in [0.3, 0.4) is 0 Å². The van der Waals surface area contributed by atoms with Crippen molar-refractivity contribution in [3.8, 4) is 17.6 Å². The van der Waals surface area contributed by atoms with Crippen LogP contribution in [-0.2, 0) is 10.2 Å². The van der Waals surface area contributed by atoms with Crippen molar-refractivity contribution in [1.82, 2.24) is 15.0 Å². The van der Waals surface area contributed by atoms with Crippen LogP contribution in [0.15, 0.2) is 36.8 Å². The predicted molar refractivity (Wildman–Crippen MR) is 106 cm³/mol. The van der Waals surface area contributed by atoms with Gasteiger partial charge in [-0.3, -0.25) is 9.78 Å². The molecule has 0 saturated heterocycles. The molecule has 0 aromatic carbocycles. The van der Waals surface area contributed by atoms with E-state index >= 15 is 0 Å². The molecule has 3 aromatic heterocycles. The van der Waals surface area contributed by atoms with Gasteiger partial charge in [0.2, 0.25) is 12.8 Å². The number of nitrogens with one attached hydrogen (secondary N) is 1. The van der Waals surface area contributed by atoms with Gasteiger partial charge >= 0.3 is 0 Å². The zero-order chi connectivity index (χ0) is 20.4. The monoisotopic (exact) mass is 391 g/mol. The molecular formula is C21H18FN5O2. The minimum Gasteiger partial charge on any atom is -0.461 e. The van der Waals surface area contributed by atoms with E-state index in [0.717, 1.165) is 10.8 Å². The molecule has 8 heteroatoms. The number of primary amides is 1. The van der Waals surface area contributed by atoms with Crippen LogP contribution in [0.25, 0.3) is 10.8 Å². The largest absolute Gasteiger partial charge is 0.461 e. The highest BCUT2D eigenvalue weighted by atomic mass is 19.1. The van der Waals surface area contributed by atoms with E-state index < -0.39 is 12.3 Å². The van der Waals surface area contributed by atoms with Crippen molar-refractivity contribution in [2.24, 2.45) is 5.73 Å². The van der Waals surface area contributed by atoms with Crippen LogP contribution in [0.5, 0.6) is 5.75 Å². The summed E-state index contributed by atoms with van der Waals surface area (Å²) >= 11 is 0. The summed E-state index contributed by atoms with van der Waals surface area (Å²) in [6.45, 7) is -0.911. The lowest BCUT2D eigenvalue weighted by Crippen LogP contribution is -2.29. The average molecular weight is 391 g/mol. The number of aromatic nitrogens is 3. The van der Waals surface area contributed by atoms with Gasteiger partial charge in [0.1, 0.15) is 17.3 Å². The first kappa shape index (κ1) is 18.6. The molecule has 3 N–H and O–H groups in total. The fraction of sp³-hybridized carbons (Fsp3) is 0.238. The summed E-state index contributed by atoms with van der Waals surface area (Å²) in [5.41, 5.74) is 6.75. The Labute approximate surface area is 166 Å². The first-order chi connectivity index (χ1) is 14.1. The molecule has 0 radical (unpaired) electrons. The maximum atomic E-state index is 12.2. The average Bonchev–Trinajstić information content (AvgIpc) is 3.55. The number of nitrogens with two attached hydrogens (primary N) is 1. The van der Waals surface area contributed by atoms with Crippen LogP contribution < -0.4 is 15.8 Å². The topological polar surface area (TPSA) is 103 Å². The van der Waals surface area contributed by atoms with Gasteiger partial charge < -0.3 is 15.8 Å². The minimum atomic E-state index is -0.911. The molecule has 0 unspecified atom stereocenters. The van der Waals surface area contributed by atoms with Gasteiger partial charge in [-0.1, -0.05) is 5.92 Å². The first-order valence-corrected chi connectivity index (χ1v) is 9.01. The number of hydrogen-bond donors (Lipinski definition) is 2. The zero-order valence-corrected chi connectivity index (χ0v) is 15.7. The molecule has 1 aliphatic carbocycles. The van der Waals surface area contributed by atoms with E-state index in [1.165, 1.54) is 6.20 Å². The van der Waals surface area contributed by atoms with Gasteiger partial charge in [0.05, 0.1) is 22.9 Å². The lowest BCUT2D eigenvalue weighted by molar-refractivity contribution is -0.120. The van der Waals surface area contributed by atoms with Crippen LogP contribution in [-0.4, -0.2) is 34.8 Å². The number of halogens is 1. The summed E-state index contributed by atoms with van der Waals surface area (Å²) in [7, 11) is 1.78. The van der Waals surface area contributed by atoms with E-state index in [2.05, 4.69) is 32.1 Å². The lowest BCUT2D eigenvalue weighted by Gasteiger charge is -2.13. The fourth-order valence-electron chi connectivity index (χ4n) is 3.18. The van der Waals surface area contributed by atoms with E-state index in [1.54, 1.807) is 31.6 Å². The smallest absolute Gasteiger partial charge is 0.229 e. The Hall–Kier alpha value is -3.73. The van der Waals surface area contributed by atoms with Crippen molar-refractivity contribution in [3.05, 3.63) is 53.7 Å². The van der Waals surface area contributed by atoms with Crippen LogP contribution in [0.2, 0.25) is 0 Å². The molecule has 4 rings (SSSR count). The van der Waals surface area contributed by atoms with E-state index in [0.29, 0.717) is 41.4 Å². The lowest BCUT2D eigenvalue weighted by atomic mass is 9.98. The number of carbonyl (C=O) groups is 1. The Bertz CT molecular complexity index is 1150. The van der Waals surface area contributed by atoms with Crippen molar-refractivity contribution in [2.45, 2.75) is 18.3 Å². The number of amides is 1. The molecular weight excluding hydrogens is 373 g/mol. The predicted octanol–water partition coefficient (Wildman–Crippen LogP) is 2.29. The minimum absolute atomic E-state index is 0.334. The number of alkyl halides is 1. The SMILES string of the molecule is CNc1ncc(C#Cc2ccc(OCF)cn2)c2cc(C3(C(N)=O)CC3)ncc12. The van der Waals surface area contributed by atoms with Gasteiger partial charge in [-0.25, -0.2) is 14.4 Å². The number of hydrogen-bond acceptors (Lipinski definition) is 6. The third-order valence-electron chi connectivity index (χ3n) is 5.00. The number of anilines is 1. The number of nitrogens with zero attached hydrogens (tertiary/aromatic N) is 3. The van der Waals surface area contributed by atoms with Crippen molar-refractivity contribution < 1.29 is 13.9 Å². The van der Waals surface area contributed by atoms with Gasteiger partial charge in [0.15, 0.2) is 0 Å². The van der Waals surface area contributed by atoms with Crippen molar-refractivity contribution in [3.63, 3.8) is 0 Å². The molecule has 0 spiro atoms. The molecule has 3 aromatic rings. The molecule has 0 bridgehead atoms. The van der Waals surface area contributed by atoms with Gasteiger partial charge in [0, 0.05) is 30.2 Å². The Morgan fingerprint density at radius 2 is 2.03 bits per heavy atom. The van der Waals surface area contributed by atoms with Gasteiger partial charge in [-0.05, 0) is 37.0 Å². The van der Waals surface area contributed by atoms with Gasteiger partial charge in [-0.15, -0.1) is 0 Å². The summed E-state index contributed by atoms with van der Waals surface area (Å²) in [6, 6.07) is 5.11. The van der Waals surface area contributed by atoms with Crippen molar-refractivity contribution in [1.29, 1.82) is 0 Å². The number of carbonyl (C=O) groups excluding carboxylic acids is 1. The summed E-state index contributed by atoms with van der Waals surface area (Å²) in [6.07, 6.45) is 6.16. The molecule has 1 aliphatic rings. The third-order valence-corrected chi connectivity index (χ3v) is 5.00. The summed E-state index contributed by atoms with van der Waals surface area (Å²) in [5.74, 6) is 6.69. The highest BCUT2D eigenvalue weighted by Gasteiger charge is 2.51. The third kappa shape index (κ3) is 3.43. The second kappa shape index (κ2) is 7.36. The number of pyridine rings is 3. The van der Waals surface area contributed by atoms with Crippen LogP contribution in [0.1, 0.15) is 29.8 Å². The molecule has 29 heavy (non-hydrogen) atoms. The second-order valence-electron chi connectivity index (χ2n) is 6.71. The molecule has 1 fully saturated rings. The number of rotatable bonds is 5. The van der Waals surface area contributed by atoms with E-state index in [9.17, 15) is 9.18 Å². The highest BCUT2D eigenvalue weighted by Crippen LogP contribution is 2.47. The maximum absolute atomic E-state index is 12.2. The Kier molecular flexibility index (Phi) is 4.72. The standard InChI is InChI=1S/C21H18FN5O2/c1-24-19-17-11-26-18(21(6-7-21)20(23)28)8-16(17)13(9-27-19)2-3-14-4-5-15(10-25-14)29-12-22/h4-5,8-11H,6-7,12H2,1H3,(H2,23,28)(H,24,27). The molecule has 146 valence electrons. The summed E-state index contributed by atoms with van der Waals surface area (Å²) < 4.78 is 16.9. The quantitative estimate of drug-likeness (QED) is 0.647. The van der Waals surface area contributed by atoms with E-state index in [1.807, 2.05) is 6.07 Å². The van der Waals surface area contributed by atoms with Gasteiger partial charge in [-0.2, -0.15) is 0 Å². The zero-order valence-electron chi connectivity index (χ0n) is 15.7. The molecule has 0 atom stereocenters. The van der Waals surface area contributed by atoms with E-state index in [-0.39, 0.29) is 5.91 Å². The molecule has 3 heterocycles. The molecule has 7 nitrogen and oxygen atoms in total. The molecule has 1 amide bonds. The molecule has 0 aliphatic heterocycles. The second-order valence-corrected chi connectivity index (χ2v) is 6.71. The Morgan fingerprint density at radius 1 is 1.21 bits per heavy atom. The van der Waals surface area contributed by atoms with Crippen molar-refractivity contribution in [2.75, 3.05) is 19.2 Å². The van der Waals surface area contributed by atoms with Crippen LogP contribution in [0, 0.1) is 11.8 Å². The maximum Gasteiger partial charge on any atom is 0.229 e. The number of ether oxygens (including phenoxy) is 1. The normalized spacial score (nSPS) is 14.0. The Balaban J connectivity index is 1.77. The summed E-state index contributed by atoms with van der Waals surface area (Å²) in [5, 5.41) is 4.66.